The largest absolute Gasteiger partial charge is 0.496 e. The average Bonchev–Trinajstić information content (AvgIpc) is 3.17. The highest BCUT2D eigenvalue weighted by atomic mass is 32.2. The third-order valence-corrected chi connectivity index (χ3v) is 6.75. The number of amides is 1. The first-order valence-corrected chi connectivity index (χ1v) is 10.3. The van der Waals surface area contributed by atoms with Crippen LogP contribution in [-0.2, 0) is 20.2 Å². The van der Waals surface area contributed by atoms with E-state index < -0.39 is 15.4 Å². The molecule has 0 bridgehead atoms. The molecule has 148 valence electrons. The maximum atomic E-state index is 12.2. The van der Waals surface area contributed by atoms with Gasteiger partial charge in [-0.3, -0.25) is 4.79 Å². The van der Waals surface area contributed by atoms with Crippen molar-refractivity contribution in [3.8, 4) is 5.75 Å². The highest BCUT2D eigenvalue weighted by molar-refractivity contribution is 7.89. The predicted octanol–water partition coefficient (Wildman–Crippen LogP) is 2.37. The van der Waals surface area contributed by atoms with E-state index in [1.807, 2.05) is 26.0 Å². The van der Waals surface area contributed by atoms with Crippen LogP contribution in [-0.4, -0.2) is 28.5 Å². The van der Waals surface area contributed by atoms with Gasteiger partial charge < -0.3 is 20.7 Å². The maximum Gasteiger partial charge on any atom is 0.240 e. The predicted molar refractivity (Wildman–Crippen MR) is 107 cm³/mol. The number of methoxy groups -OCH3 is 1. The van der Waals surface area contributed by atoms with E-state index in [1.165, 1.54) is 20.2 Å². The zero-order valence-corrected chi connectivity index (χ0v) is 16.8. The van der Waals surface area contributed by atoms with Crippen LogP contribution < -0.4 is 25.4 Å². The zero-order valence-electron chi connectivity index (χ0n) is 16.0. The number of hydrogen-bond acceptors (Lipinski definition) is 6. The number of carbonyl (C=O) groups excluding carboxylic acids is 1. The van der Waals surface area contributed by atoms with Crippen LogP contribution in [0.5, 0.6) is 5.75 Å². The fraction of sp³-hybridized carbons (Fsp3) is 0.316. The number of anilines is 3. The molecule has 0 saturated carbocycles. The molecule has 0 radical (unpaired) electrons. The first-order valence-electron chi connectivity index (χ1n) is 8.82. The summed E-state index contributed by atoms with van der Waals surface area (Å²) in [6.45, 7) is 3.79. The monoisotopic (exact) mass is 402 g/mol. The molecule has 8 nitrogen and oxygen atoms in total. The van der Waals surface area contributed by atoms with Gasteiger partial charge in [0.2, 0.25) is 15.9 Å². The summed E-state index contributed by atoms with van der Waals surface area (Å²) in [6, 6.07) is 8.65. The quantitative estimate of drug-likeness (QED) is 0.625. The van der Waals surface area contributed by atoms with E-state index in [0.717, 1.165) is 28.2 Å². The summed E-state index contributed by atoms with van der Waals surface area (Å²) in [5.74, 6) is 0.432. The molecule has 9 heteroatoms. The van der Waals surface area contributed by atoms with Crippen LogP contribution >= 0.6 is 0 Å². The molecule has 4 N–H and O–H groups in total. The van der Waals surface area contributed by atoms with Crippen LogP contribution in [0, 0.1) is 0 Å². The molecule has 0 aliphatic carbocycles. The molecule has 28 heavy (non-hydrogen) atoms. The summed E-state index contributed by atoms with van der Waals surface area (Å²) >= 11 is 0. The zero-order chi connectivity index (χ0) is 20.3. The lowest BCUT2D eigenvalue weighted by atomic mass is 9.86. The van der Waals surface area contributed by atoms with Crippen molar-refractivity contribution in [3.63, 3.8) is 0 Å². The number of fused-ring (bicyclic) bond motifs is 2. The molecule has 2 aromatic carbocycles. The highest BCUT2D eigenvalue weighted by Gasteiger charge is 2.40. The topological polar surface area (TPSA) is 109 Å². The van der Waals surface area contributed by atoms with Crippen LogP contribution in [0.1, 0.15) is 31.1 Å². The average molecular weight is 402 g/mol. The van der Waals surface area contributed by atoms with Gasteiger partial charge in [-0.15, -0.1) is 0 Å². The molecule has 0 spiro atoms. The molecular formula is C19H22N4O4S. The number of benzene rings is 2. The first-order chi connectivity index (χ1) is 13.2. The van der Waals surface area contributed by atoms with Crippen LogP contribution in [0.15, 0.2) is 35.2 Å². The number of rotatable bonds is 4. The third kappa shape index (κ3) is 2.70. The molecule has 2 aliphatic heterocycles. The van der Waals surface area contributed by atoms with Gasteiger partial charge >= 0.3 is 0 Å². The molecule has 2 aliphatic rings. The summed E-state index contributed by atoms with van der Waals surface area (Å²) < 4.78 is 31.8. The minimum Gasteiger partial charge on any atom is -0.496 e. The van der Waals surface area contributed by atoms with E-state index >= 15 is 0 Å². The van der Waals surface area contributed by atoms with Crippen LogP contribution in [0.3, 0.4) is 0 Å². The molecule has 2 heterocycles. The van der Waals surface area contributed by atoms with Gasteiger partial charge in [0.1, 0.15) is 11.9 Å². The Labute approximate surface area is 163 Å². The van der Waals surface area contributed by atoms with Crippen molar-refractivity contribution in [3.05, 3.63) is 41.5 Å². The summed E-state index contributed by atoms with van der Waals surface area (Å²) in [6.07, 6.45) is -0.294. The maximum absolute atomic E-state index is 12.2. The molecule has 4 rings (SSSR count). The number of nitrogens with one attached hydrogen (secondary N) is 4. The Kier molecular flexibility index (Phi) is 4.06. The summed E-state index contributed by atoms with van der Waals surface area (Å²) in [5, 5.41) is 9.67. The van der Waals surface area contributed by atoms with Crippen molar-refractivity contribution in [2.24, 2.45) is 0 Å². The van der Waals surface area contributed by atoms with Gasteiger partial charge in [-0.1, -0.05) is 6.07 Å². The van der Waals surface area contributed by atoms with Crippen LogP contribution in [0.4, 0.5) is 17.1 Å². The molecule has 0 saturated heterocycles. The molecule has 0 fully saturated rings. The fourth-order valence-corrected chi connectivity index (χ4v) is 4.32. The molecule has 1 atom stereocenters. The van der Waals surface area contributed by atoms with E-state index in [4.69, 9.17) is 4.74 Å². The van der Waals surface area contributed by atoms with Gasteiger partial charge in [-0.25, -0.2) is 13.1 Å². The third-order valence-electron chi connectivity index (χ3n) is 5.34. The normalized spacial score (nSPS) is 19.3. The van der Waals surface area contributed by atoms with Gasteiger partial charge in [0.25, 0.3) is 0 Å². The number of carbonyl (C=O) groups is 1. The van der Waals surface area contributed by atoms with Crippen molar-refractivity contribution in [2.75, 3.05) is 30.1 Å². The molecule has 2 aromatic rings. The van der Waals surface area contributed by atoms with Gasteiger partial charge in [-0.05, 0) is 44.7 Å². The van der Waals surface area contributed by atoms with Gasteiger partial charge in [-0.2, -0.15) is 0 Å². The van der Waals surface area contributed by atoms with E-state index in [9.17, 15) is 13.2 Å². The Morgan fingerprint density at radius 2 is 1.75 bits per heavy atom. The van der Waals surface area contributed by atoms with E-state index in [0.29, 0.717) is 5.75 Å². The summed E-state index contributed by atoms with van der Waals surface area (Å²) in [4.78, 5) is 12.3. The van der Waals surface area contributed by atoms with Gasteiger partial charge in [0.05, 0.1) is 28.8 Å². The van der Waals surface area contributed by atoms with Crippen molar-refractivity contribution >= 4 is 33.0 Å². The Bertz CT molecular complexity index is 1100. The van der Waals surface area contributed by atoms with E-state index in [1.54, 1.807) is 12.1 Å². The SMILES string of the molecule is CNS(=O)(=O)c1ccc(C2Nc3cc4c(cc3N2)C(C)(C)C(=O)N4)c(OC)c1. The minimum atomic E-state index is -3.56. The van der Waals surface area contributed by atoms with Crippen molar-refractivity contribution in [1.82, 2.24) is 4.72 Å². The number of sulfonamides is 1. The second-order valence-corrected chi connectivity index (χ2v) is 9.24. The smallest absolute Gasteiger partial charge is 0.240 e. The Hall–Kier alpha value is -2.78. The lowest BCUT2D eigenvalue weighted by Crippen LogP contribution is -2.26. The minimum absolute atomic E-state index is 0.0225. The van der Waals surface area contributed by atoms with Crippen molar-refractivity contribution < 1.29 is 17.9 Å². The standard InChI is InChI=1S/C19H22N4O4S/c1-19(2)12-8-14-15(9-13(12)23-18(19)24)22-17(21-14)11-6-5-10(7-16(11)27-4)28(25,26)20-3/h5-9,17,20-22H,1-4H3,(H,23,24). The molecule has 1 amide bonds. The highest BCUT2D eigenvalue weighted by Crippen LogP contribution is 2.46. The Balaban J connectivity index is 1.68. The van der Waals surface area contributed by atoms with Gasteiger partial charge in [0, 0.05) is 17.3 Å². The van der Waals surface area contributed by atoms with Crippen molar-refractivity contribution in [2.45, 2.75) is 30.3 Å². The molecule has 1 unspecified atom stereocenters. The Morgan fingerprint density at radius 1 is 1.07 bits per heavy atom. The second-order valence-electron chi connectivity index (χ2n) is 7.36. The first kappa shape index (κ1) is 18.6. The van der Waals surface area contributed by atoms with Crippen molar-refractivity contribution in [1.29, 1.82) is 0 Å². The summed E-state index contributed by atoms with van der Waals surface area (Å²) in [5.41, 5.74) is 3.65. The van der Waals surface area contributed by atoms with E-state index in [-0.39, 0.29) is 17.0 Å². The lowest BCUT2D eigenvalue weighted by molar-refractivity contribution is -0.119. The second kappa shape index (κ2) is 6.11. The Morgan fingerprint density at radius 3 is 2.39 bits per heavy atom. The number of ether oxygens (including phenoxy) is 1. The van der Waals surface area contributed by atoms with Crippen LogP contribution in [0.25, 0.3) is 0 Å². The molecule has 0 aromatic heterocycles. The summed E-state index contributed by atoms with van der Waals surface area (Å²) in [7, 11) is -0.691. The fourth-order valence-electron chi connectivity index (χ4n) is 3.58. The number of hydrogen-bond donors (Lipinski definition) is 4. The van der Waals surface area contributed by atoms with Gasteiger partial charge in [0.15, 0.2) is 0 Å². The molecular weight excluding hydrogens is 380 g/mol. The van der Waals surface area contributed by atoms with E-state index in [2.05, 4.69) is 20.7 Å². The lowest BCUT2D eigenvalue weighted by Gasteiger charge is -2.17. The van der Waals surface area contributed by atoms with Crippen LogP contribution in [0.2, 0.25) is 0 Å².